The molecule has 0 saturated heterocycles. The van der Waals surface area contributed by atoms with Crippen molar-refractivity contribution in [2.24, 2.45) is 0 Å². The first-order valence-electron chi connectivity index (χ1n) is 7.02. The second kappa shape index (κ2) is 5.71. The van der Waals surface area contributed by atoms with Crippen molar-refractivity contribution in [2.75, 3.05) is 10.6 Å². The number of para-hydroxylation sites is 2. The predicted octanol–water partition coefficient (Wildman–Crippen LogP) is 5.05. The molecule has 0 aromatic heterocycles. The van der Waals surface area contributed by atoms with Gasteiger partial charge < -0.3 is 10.6 Å². The molecule has 2 N–H and O–H groups in total. The smallest absolute Gasteiger partial charge is 0.0482 e. The molecule has 0 radical (unpaired) electrons. The number of anilines is 4. The fraction of sp³-hybridized carbons (Fsp3) is 0.0526. The van der Waals surface area contributed by atoms with Crippen molar-refractivity contribution in [3.63, 3.8) is 0 Å². The first kappa shape index (κ1) is 13.3. The Bertz CT molecular complexity index is 682. The number of nitrogen functional groups attached to an aromatic ring is 1. The topological polar surface area (TPSA) is 29.3 Å². The molecule has 0 atom stereocenters. The van der Waals surface area contributed by atoms with E-state index in [9.17, 15) is 0 Å². The lowest BCUT2D eigenvalue weighted by molar-refractivity contribution is 1.28. The minimum absolute atomic E-state index is 0.810. The highest BCUT2D eigenvalue weighted by Gasteiger charge is 2.12. The monoisotopic (exact) mass is 274 g/mol. The summed E-state index contributed by atoms with van der Waals surface area (Å²) in [4.78, 5) is 2.20. The van der Waals surface area contributed by atoms with E-state index in [0.717, 1.165) is 28.3 Å². The summed E-state index contributed by atoms with van der Waals surface area (Å²) in [5.74, 6) is 0. The molecular weight excluding hydrogens is 256 g/mol. The lowest BCUT2D eigenvalue weighted by Crippen LogP contribution is -2.10. The highest BCUT2D eigenvalue weighted by Crippen LogP contribution is 2.35. The molecule has 0 aliphatic heterocycles. The van der Waals surface area contributed by atoms with Crippen molar-refractivity contribution in [3.8, 4) is 0 Å². The van der Waals surface area contributed by atoms with E-state index in [4.69, 9.17) is 5.73 Å². The van der Waals surface area contributed by atoms with Gasteiger partial charge in [-0.1, -0.05) is 42.5 Å². The molecule has 0 amide bonds. The van der Waals surface area contributed by atoms with Crippen LogP contribution in [0.5, 0.6) is 0 Å². The summed E-state index contributed by atoms with van der Waals surface area (Å²) in [5, 5.41) is 0. The fourth-order valence-electron chi connectivity index (χ4n) is 2.37. The Morgan fingerprint density at radius 3 is 1.67 bits per heavy atom. The van der Waals surface area contributed by atoms with E-state index in [1.807, 2.05) is 49.4 Å². The minimum Gasteiger partial charge on any atom is -0.398 e. The van der Waals surface area contributed by atoms with E-state index in [1.54, 1.807) is 0 Å². The van der Waals surface area contributed by atoms with Gasteiger partial charge in [-0.2, -0.15) is 0 Å². The quantitative estimate of drug-likeness (QED) is 0.677. The predicted molar refractivity (Wildman–Crippen MR) is 90.3 cm³/mol. The molecule has 0 aliphatic carbocycles. The van der Waals surface area contributed by atoms with Gasteiger partial charge in [0.25, 0.3) is 0 Å². The van der Waals surface area contributed by atoms with Crippen molar-refractivity contribution in [1.82, 2.24) is 0 Å². The summed E-state index contributed by atoms with van der Waals surface area (Å²) < 4.78 is 0. The average Bonchev–Trinajstić information content (AvgIpc) is 2.53. The molecule has 2 heteroatoms. The molecule has 0 aliphatic rings. The first-order valence-corrected chi connectivity index (χ1v) is 7.02. The summed E-state index contributed by atoms with van der Waals surface area (Å²) in [6, 6.07) is 26.8. The Morgan fingerprint density at radius 1 is 0.667 bits per heavy atom. The number of nitrogens with zero attached hydrogens (tertiary/aromatic N) is 1. The van der Waals surface area contributed by atoms with E-state index < -0.39 is 0 Å². The Kier molecular flexibility index (Phi) is 3.61. The largest absolute Gasteiger partial charge is 0.398 e. The van der Waals surface area contributed by atoms with Crippen LogP contribution in [0.4, 0.5) is 22.7 Å². The molecule has 3 rings (SSSR count). The summed E-state index contributed by atoms with van der Waals surface area (Å²) in [5.41, 5.74) is 11.3. The van der Waals surface area contributed by atoms with Gasteiger partial charge in [0.2, 0.25) is 0 Å². The molecule has 0 saturated carbocycles. The fourth-order valence-corrected chi connectivity index (χ4v) is 2.37. The molecule has 21 heavy (non-hydrogen) atoms. The van der Waals surface area contributed by atoms with Crippen LogP contribution in [-0.4, -0.2) is 0 Å². The molecule has 104 valence electrons. The SMILES string of the molecule is Cc1ccc(N(c2ccccc2)c2ccccc2)cc1N. The van der Waals surface area contributed by atoms with Crippen LogP contribution in [0, 0.1) is 6.92 Å². The molecule has 0 bridgehead atoms. The van der Waals surface area contributed by atoms with Gasteiger partial charge in [0, 0.05) is 22.7 Å². The zero-order valence-electron chi connectivity index (χ0n) is 12.0. The summed E-state index contributed by atoms with van der Waals surface area (Å²) in [6.07, 6.45) is 0. The van der Waals surface area contributed by atoms with Crippen molar-refractivity contribution >= 4 is 22.7 Å². The van der Waals surface area contributed by atoms with E-state index >= 15 is 0 Å². The maximum atomic E-state index is 6.09. The zero-order chi connectivity index (χ0) is 14.7. The van der Waals surface area contributed by atoms with Crippen molar-refractivity contribution in [2.45, 2.75) is 6.92 Å². The third kappa shape index (κ3) is 2.75. The maximum absolute atomic E-state index is 6.09. The number of rotatable bonds is 3. The third-order valence-electron chi connectivity index (χ3n) is 3.55. The van der Waals surface area contributed by atoms with Gasteiger partial charge in [-0.3, -0.25) is 0 Å². The van der Waals surface area contributed by atoms with E-state index in [0.29, 0.717) is 0 Å². The molecule has 2 nitrogen and oxygen atoms in total. The summed E-state index contributed by atoms with van der Waals surface area (Å²) in [7, 11) is 0. The van der Waals surface area contributed by atoms with Crippen LogP contribution in [0.3, 0.4) is 0 Å². The first-order chi connectivity index (χ1) is 10.3. The van der Waals surface area contributed by atoms with Crippen LogP contribution in [-0.2, 0) is 0 Å². The van der Waals surface area contributed by atoms with Crippen molar-refractivity contribution in [3.05, 3.63) is 84.4 Å². The standard InChI is InChI=1S/C19H18N2/c1-15-12-13-18(14-19(15)20)21(16-8-4-2-5-9-16)17-10-6-3-7-11-17/h2-14H,20H2,1H3. The molecule has 3 aromatic rings. The number of hydrogen-bond donors (Lipinski definition) is 1. The summed E-state index contributed by atoms with van der Waals surface area (Å²) in [6.45, 7) is 2.02. The van der Waals surface area contributed by atoms with Gasteiger partial charge in [0.15, 0.2) is 0 Å². The van der Waals surface area contributed by atoms with E-state index in [2.05, 4.69) is 41.3 Å². The lowest BCUT2D eigenvalue weighted by atomic mass is 10.1. The number of hydrogen-bond acceptors (Lipinski definition) is 2. The minimum atomic E-state index is 0.810. The second-order valence-corrected chi connectivity index (χ2v) is 5.05. The number of nitrogens with two attached hydrogens (primary N) is 1. The molecule has 0 unspecified atom stereocenters. The van der Waals surface area contributed by atoms with Crippen LogP contribution < -0.4 is 10.6 Å². The highest BCUT2D eigenvalue weighted by molar-refractivity contribution is 5.78. The van der Waals surface area contributed by atoms with Gasteiger partial charge in [-0.25, -0.2) is 0 Å². The second-order valence-electron chi connectivity index (χ2n) is 5.05. The number of aryl methyl sites for hydroxylation is 1. The van der Waals surface area contributed by atoms with Gasteiger partial charge in [0.1, 0.15) is 0 Å². The van der Waals surface area contributed by atoms with E-state index in [-0.39, 0.29) is 0 Å². The molecule has 0 heterocycles. The van der Waals surface area contributed by atoms with Gasteiger partial charge >= 0.3 is 0 Å². The van der Waals surface area contributed by atoms with Crippen LogP contribution >= 0.6 is 0 Å². The zero-order valence-corrected chi connectivity index (χ0v) is 12.0. The van der Waals surface area contributed by atoms with E-state index in [1.165, 1.54) is 0 Å². The maximum Gasteiger partial charge on any atom is 0.0482 e. The normalized spacial score (nSPS) is 10.3. The Labute approximate surface area is 125 Å². The molecule has 0 fully saturated rings. The molecule has 3 aromatic carbocycles. The van der Waals surface area contributed by atoms with Crippen molar-refractivity contribution < 1.29 is 0 Å². The molecular formula is C19H18N2. The Morgan fingerprint density at radius 2 is 1.19 bits per heavy atom. The molecule has 0 spiro atoms. The Balaban J connectivity index is 2.14. The van der Waals surface area contributed by atoms with Crippen LogP contribution in [0.25, 0.3) is 0 Å². The summed E-state index contributed by atoms with van der Waals surface area (Å²) >= 11 is 0. The van der Waals surface area contributed by atoms with Gasteiger partial charge in [0.05, 0.1) is 0 Å². The van der Waals surface area contributed by atoms with Crippen LogP contribution in [0.1, 0.15) is 5.56 Å². The third-order valence-corrected chi connectivity index (χ3v) is 3.55. The van der Waals surface area contributed by atoms with Gasteiger partial charge in [-0.15, -0.1) is 0 Å². The lowest BCUT2D eigenvalue weighted by Gasteiger charge is -2.25. The van der Waals surface area contributed by atoms with Crippen LogP contribution in [0.2, 0.25) is 0 Å². The van der Waals surface area contributed by atoms with Gasteiger partial charge in [-0.05, 0) is 48.9 Å². The Hall–Kier alpha value is -2.74. The van der Waals surface area contributed by atoms with Crippen molar-refractivity contribution in [1.29, 1.82) is 0 Å². The highest BCUT2D eigenvalue weighted by atomic mass is 15.1. The van der Waals surface area contributed by atoms with Crippen LogP contribution in [0.15, 0.2) is 78.9 Å². The average molecular weight is 274 g/mol. The number of benzene rings is 3.